The van der Waals surface area contributed by atoms with Gasteiger partial charge in [0.15, 0.2) is 0 Å². The van der Waals surface area contributed by atoms with E-state index in [0.717, 1.165) is 0 Å². The van der Waals surface area contributed by atoms with Crippen LogP contribution in [-0.2, 0) is 14.9 Å². The molecule has 0 saturated carbocycles. The first-order valence-electron chi connectivity index (χ1n) is 2.67. The van der Waals surface area contributed by atoms with Crippen molar-refractivity contribution in [1.82, 2.24) is 5.32 Å². The second-order valence-electron chi connectivity index (χ2n) is 1.65. The molecule has 0 atom stereocenters. The van der Waals surface area contributed by atoms with Crippen LogP contribution in [0.15, 0.2) is 0 Å². The third kappa shape index (κ3) is 10.4. The van der Waals surface area contributed by atoms with Gasteiger partial charge in [-0.2, -0.15) is 8.42 Å². The summed E-state index contributed by atoms with van der Waals surface area (Å²) in [5.74, 6) is -0.0347. The van der Waals surface area contributed by atoms with E-state index in [2.05, 4.69) is 5.32 Å². The monoisotopic (exact) mass is 167 g/mol. The van der Waals surface area contributed by atoms with Crippen molar-refractivity contribution in [3.63, 3.8) is 0 Å². The van der Waals surface area contributed by atoms with Crippen LogP contribution in [0.3, 0.4) is 0 Å². The van der Waals surface area contributed by atoms with E-state index in [4.69, 9.17) is 4.55 Å². The Hall–Kier alpha value is -0.620. The second-order valence-corrected chi connectivity index (χ2v) is 3.39. The maximum absolute atomic E-state index is 9.56. The predicted octanol–water partition coefficient (Wildman–Crippen LogP) is -0.990. The molecule has 0 aromatic carbocycles. The molecule has 2 N–H and O–H groups in total. The SMILES string of the molecule is CCS(=O)(=O)O.O=C1CN1. The third-order valence-electron chi connectivity index (χ3n) is 0.686. The molecule has 0 unspecified atom stereocenters. The molecule has 1 heterocycles. The Kier molecular flexibility index (Phi) is 3.31. The highest BCUT2D eigenvalue weighted by molar-refractivity contribution is 7.85. The zero-order valence-electron chi connectivity index (χ0n) is 5.49. The minimum atomic E-state index is -3.66. The smallest absolute Gasteiger partial charge is 0.264 e. The van der Waals surface area contributed by atoms with Crippen molar-refractivity contribution >= 4 is 16.0 Å². The second kappa shape index (κ2) is 3.52. The molecule has 1 aliphatic rings. The van der Waals surface area contributed by atoms with Crippen molar-refractivity contribution in [1.29, 1.82) is 0 Å². The molecule has 1 amide bonds. The first kappa shape index (κ1) is 9.38. The van der Waals surface area contributed by atoms with E-state index in [9.17, 15) is 13.2 Å². The molecule has 1 aliphatic heterocycles. The van der Waals surface area contributed by atoms with Gasteiger partial charge in [0.2, 0.25) is 5.91 Å². The largest absolute Gasteiger partial charge is 0.346 e. The van der Waals surface area contributed by atoms with Gasteiger partial charge in [0.25, 0.3) is 10.1 Å². The zero-order chi connectivity index (χ0) is 8.20. The Morgan fingerprint density at radius 1 is 1.70 bits per heavy atom. The molecule has 0 aliphatic carbocycles. The molecule has 6 heteroatoms. The highest BCUT2D eigenvalue weighted by Crippen LogP contribution is 1.74. The average molecular weight is 167 g/mol. The van der Waals surface area contributed by atoms with Crippen LogP contribution in [0.2, 0.25) is 0 Å². The standard InChI is InChI=1S/C2H3NO.C2H6O3S/c4-2-1-3-2;1-2-6(3,4)5/h1H2,(H,3,4);2H2,1H3,(H,3,4,5). The van der Waals surface area contributed by atoms with E-state index < -0.39 is 10.1 Å². The lowest BCUT2D eigenvalue weighted by Gasteiger charge is -1.79. The molecule has 0 aromatic heterocycles. The first-order chi connectivity index (χ1) is 4.45. The molecule has 0 bridgehead atoms. The molecule has 0 aromatic rings. The summed E-state index contributed by atoms with van der Waals surface area (Å²) in [5, 5.41) is 2.46. The van der Waals surface area contributed by atoms with Crippen LogP contribution in [0.5, 0.6) is 0 Å². The Balaban J connectivity index is 0.000000172. The molecular formula is C4H9NO4S. The lowest BCUT2D eigenvalue weighted by molar-refractivity contribution is -0.110. The van der Waals surface area contributed by atoms with E-state index in [-0.39, 0.29) is 11.7 Å². The molecule has 1 rings (SSSR count). The van der Waals surface area contributed by atoms with E-state index in [1.165, 1.54) is 6.92 Å². The number of carbonyl (C=O) groups is 1. The minimum Gasteiger partial charge on any atom is -0.346 e. The van der Waals surface area contributed by atoms with Crippen LogP contribution in [0.25, 0.3) is 0 Å². The van der Waals surface area contributed by atoms with Gasteiger partial charge in [-0.3, -0.25) is 9.35 Å². The highest BCUT2D eigenvalue weighted by Gasteiger charge is 2.10. The normalized spacial score (nSPS) is 14.8. The summed E-state index contributed by atoms with van der Waals surface area (Å²) in [7, 11) is -3.66. The van der Waals surface area contributed by atoms with Crippen molar-refractivity contribution < 1.29 is 17.8 Å². The Bertz CT molecular complexity index is 201. The summed E-state index contributed by atoms with van der Waals surface area (Å²) >= 11 is 0. The van der Waals surface area contributed by atoms with Gasteiger partial charge < -0.3 is 5.32 Å². The number of carbonyl (C=O) groups excluding carboxylic acids is 1. The maximum Gasteiger partial charge on any atom is 0.264 e. The molecular weight excluding hydrogens is 158 g/mol. The molecule has 1 fully saturated rings. The molecule has 10 heavy (non-hydrogen) atoms. The fourth-order valence-electron chi connectivity index (χ4n) is 0.0361. The van der Waals surface area contributed by atoms with E-state index in [1.807, 2.05) is 0 Å². The fourth-order valence-corrected chi connectivity index (χ4v) is 0.0361. The van der Waals surface area contributed by atoms with Gasteiger partial charge in [-0.05, 0) is 6.92 Å². The molecule has 0 radical (unpaired) electrons. The maximum atomic E-state index is 9.56. The summed E-state index contributed by atoms with van der Waals surface area (Å²) in [6.45, 7) is 1.97. The van der Waals surface area contributed by atoms with Crippen LogP contribution in [0, 0.1) is 0 Å². The molecule has 0 spiro atoms. The van der Waals surface area contributed by atoms with Gasteiger partial charge in [0, 0.05) is 0 Å². The van der Waals surface area contributed by atoms with Crippen LogP contribution in [-0.4, -0.2) is 31.2 Å². The number of rotatable bonds is 1. The number of hydrogen-bond acceptors (Lipinski definition) is 3. The van der Waals surface area contributed by atoms with E-state index >= 15 is 0 Å². The lowest BCUT2D eigenvalue weighted by atomic mass is 11.0. The van der Waals surface area contributed by atoms with Crippen molar-refractivity contribution in [2.45, 2.75) is 6.92 Å². The minimum absolute atomic E-state index is 0.167. The number of amides is 1. The highest BCUT2D eigenvalue weighted by atomic mass is 32.2. The van der Waals surface area contributed by atoms with Gasteiger partial charge in [0.05, 0.1) is 12.3 Å². The summed E-state index contributed by atoms with van der Waals surface area (Å²) in [6, 6.07) is 0. The van der Waals surface area contributed by atoms with Crippen molar-refractivity contribution in [2.24, 2.45) is 0 Å². The Labute approximate surface area is 59.2 Å². The average Bonchev–Trinajstić information content (AvgIpc) is 2.51. The Morgan fingerprint density at radius 3 is 1.90 bits per heavy atom. The summed E-state index contributed by atoms with van der Waals surface area (Å²) in [5.41, 5.74) is 0. The van der Waals surface area contributed by atoms with Gasteiger partial charge in [-0.25, -0.2) is 0 Å². The van der Waals surface area contributed by atoms with Crippen LogP contribution < -0.4 is 5.32 Å². The van der Waals surface area contributed by atoms with Crippen LogP contribution in [0.1, 0.15) is 6.92 Å². The van der Waals surface area contributed by atoms with Crippen LogP contribution in [0.4, 0.5) is 0 Å². The predicted molar refractivity (Wildman–Crippen MR) is 35.1 cm³/mol. The van der Waals surface area contributed by atoms with Gasteiger partial charge in [-0.15, -0.1) is 0 Å². The first-order valence-corrected chi connectivity index (χ1v) is 4.28. The number of hydrogen-bond donors (Lipinski definition) is 2. The van der Waals surface area contributed by atoms with E-state index in [1.54, 1.807) is 0 Å². The van der Waals surface area contributed by atoms with Crippen molar-refractivity contribution in [3.05, 3.63) is 0 Å². The zero-order valence-corrected chi connectivity index (χ0v) is 6.31. The fraction of sp³-hybridized carbons (Fsp3) is 0.750. The van der Waals surface area contributed by atoms with Crippen LogP contribution >= 0.6 is 0 Å². The number of nitrogens with one attached hydrogen (secondary N) is 1. The van der Waals surface area contributed by atoms with Crippen molar-refractivity contribution in [3.8, 4) is 0 Å². The molecule has 60 valence electrons. The van der Waals surface area contributed by atoms with Gasteiger partial charge in [0.1, 0.15) is 0 Å². The summed E-state index contributed by atoms with van der Waals surface area (Å²) < 4.78 is 26.9. The third-order valence-corrected chi connectivity index (χ3v) is 1.42. The molecule has 5 nitrogen and oxygen atoms in total. The molecule has 1 saturated heterocycles. The lowest BCUT2D eigenvalue weighted by Crippen LogP contribution is -1.97. The summed E-state index contributed by atoms with van der Waals surface area (Å²) in [4.78, 5) is 9.44. The quantitative estimate of drug-likeness (QED) is 0.387. The topological polar surface area (TPSA) is 93.4 Å². The Morgan fingerprint density at radius 2 is 1.90 bits per heavy atom. The van der Waals surface area contributed by atoms with Gasteiger partial charge >= 0.3 is 0 Å². The van der Waals surface area contributed by atoms with E-state index in [0.29, 0.717) is 6.54 Å². The summed E-state index contributed by atoms with van der Waals surface area (Å²) in [6.07, 6.45) is 0. The van der Waals surface area contributed by atoms with Crippen molar-refractivity contribution in [2.75, 3.05) is 12.3 Å². The van der Waals surface area contributed by atoms with Gasteiger partial charge in [-0.1, -0.05) is 0 Å².